The molecule has 1 heterocycles. The molecule has 98 valence electrons. The lowest BCUT2D eigenvalue weighted by Gasteiger charge is -2.33. The minimum Gasteiger partial charge on any atom is -0.480 e. The number of hydrogen-bond acceptors (Lipinski definition) is 2. The second kappa shape index (κ2) is 5.85. The number of carboxylic acid groups (broad SMARTS) is 1. The maximum absolute atomic E-state index is 11.5. The minimum atomic E-state index is -0.589. The Morgan fingerprint density at radius 1 is 1.29 bits per heavy atom. The van der Waals surface area contributed by atoms with Crippen LogP contribution < -0.4 is 0 Å². The first-order valence-corrected chi connectivity index (χ1v) is 7.19. The Balaban J connectivity index is 1.99. The van der Waals surface area contributed by atoms with E-state index in [0.29, 0.717) is 5.92 Å². The number of rotatable bonds is 4. The quantitative estimate of drug-likeness (QED) is 0.820. The highest BCUT2D eigenvalue weighted by molar-refractivity contribution is 5.74. The molecule has 1 N–H and O–H groups in total. The standard InChI is InChI=1S/C14H25NO2/c1-2-11-8-9-15(10-11)13(14(16)17)12-6-4-3-5-7-12/h11-13H,2-10H2,1H3,(H,16,17)/t11?,13-/m1/s1. The van der Waals surface area contributed by atoms with E-state index in [-0.39, 0.29) is 6.04 Å². The van der Waals surface area contributed by atoms with E-state index in [0.717, 1.165) is 31.8 Å². The van der Waals surface area contributed by atoms with Crippen molar-refractivity contribution >= 4 is 5.97 Å². The van der Waals surface area contributed by atoms with Crippen molar-refractivity contribution in [2.75, 3.05) is 13.1 Å². The van der Waals surface area contributed by atoms with Crippen LogP contribution in [0.1, 0.15) is 51.9 Å². The molecule has 0 radical (unpaired) electrons. The Bertz CT molecular complexity index is 261. The highest BCUT2D eigenvalue weighted by Crippen LogP contribution is 2.32. The molecule has 2 aliphatic rings. The Hall–Kier alpha value is -0.570. The number of likely N-dealkylation sites (tertiary alicyclic amines) is 1. The van der Waals surface area contributed by atoms with Crippen LogP contribution >= 0.6 is 0 Å². The third-order valence-electron chi connectivity index (χ3n) is 4.64. The molecule has 0 aromatic heterocycles. The zero-order chi connectivity index (χ0) is 12.3. The fourth-order valence-electron chi connectivity index (χ4n) is 3.55. The third-order valence-corrected chi connectivity index (χ3v) is 4.64. The molecule has 17 heavy (non-hydrogen) atoms. The summed E-state index contributed by atoms with van der Waals surface area (Å²) in [5.41, 5.74) is 0. The van der Waals surface area contributed by atoms with E-state index in [9.17, 15) is 9.90 Å². The summed E-state index contributed by atoms with van der Waals surface area (Å²) in [5.74, 6) is 0.533. The molecular weight excluding hydrogens is 214 g/mol. The largest absolute Gasteiger partial charge is 0.480 e. The zero-order valence-corrected chi connectivity index (χ0v) is 10.9. The monoisotopic (exact) mass is 239 g/mol. The van der Waals surface area contributed by atoms with Crippen molar-refractivity contribution in [3.8, 4) is 0 Å². The fraction of sp³-hybridized carbons (Fsp3) is 0.929. The van der Waals surface area contributed by atoms with Gasteiger partial charge in [0, 0.05) is 6.54 Å². The first-order valence-electron chi connectivity index (χ1n) is 7.19. The van der Waals surface area contributed by atoms with E-state index in [2.05, 4.69) is 11.8 Å². The van der Waals surface area contributed by atoms with Crippen molar-refractivity contribution in [1.29, 1.82) is 0 Å². The van der Waals surface area contributed by atoms with Crippen molar-refractivity contribution < 1.29 is 9.90 Å². The number of carboxylic acids is 1. The van der Waals surface area contributed by atoms with Crippen molar-refractivity contribution in [2.24, 2.45) is 11.8 Å². The van der Waals surface area contributed by atoms with E-state index in [1.807, 2.05) is 0 Å². The lowest BCUT2D eigenvalue weighted by Crippen LogP contribution is -2.45. The maximum Gasteiger partial charge on any atom is 0.321 e. The molecule has 3 nitrogen and oxygen atoms in total. The molecule has 1 saturated carbocycles. The van der Waals surface area contributed by atoms with Gasteiger partial charge in [0.1, 0.15) is 6.04 Å². The van der Waals surface area contributed by atoms with Gasteiger partial charge in [-0.2, -0.15) is 0 Å². The molecule has 2 rings (SSSR count). The molecular formula is C14H25NO2. The molecule has 1 unspecified atom stereocenters. The summed E-state index contributed by atoms with van der Waals surface area (Å²) in [6.45, 7) is 4.21. The summed E-state index contributed by atoms with van der Waals surface area (Å²) in [6.07, 6.45) is 8.34. The molecule has 0 bridgehead atoms. The smallest absolute Gasteiger partial charge is 0.321 e. The van der Waals surface area contributed by atoms with Gasteiger partial charge in [-0.25, -0.2) is 0 Å². The molecule has 1 aliphatic heterocycles. The number of carbonyl (C=O) groups is 1. The van der Waals surface area contributed by atoms with Gasteiger partial charge >= 0.3 is 5.97 Å². The average molecular weight is 239 g/mol. The summed E-state index contributed by atoms with van der Waals surface area (Å²) in [5, 5.41) is 9.50. The minimum absolute atomic E-state index is 0.202. The molecule has 1 saturated heterocycles. The highest BCUT2D eigenvalue weighted by Gasteiger charge is 2.37. The van der Waals surface area contributed by atoms with Crippen LogP contribution in [0.4, 0.5) is 0 Å². The zero-order valence-electron chi connectivity index (χ0n) is 10.9. The summed E-state index contributed by atoms with van der Waals surface area (Å²) >= 11 is 0. The lowest BCUT2D eigenvalue weighted by molar-refractivity contribution is -0.145. The van der Waals surface area contributed by atoms with Crippen LogP contribution in [0, 0.1) is 11.8 Å². The topological polar surface area (TPSA) is 40.5 Å². The Kier molecular flexibility index (Phi) is 4.43. The SMILES string of the molecule is CCC1CCN([C@@H](C(=O)O)C2CCCCC2)C1. The van der Waals surface area contributed by atoms with E-state index < -0.39 is 5.97 Å². The predicted octanol–water partition coefficient (Wildman–Crippen LogP) is 2.75. The highest BCUT2D eigenvalue weighted by atomic mass is 16.4. The normalized spacial score (nSPS) is 29.4. The summed E-state index contributed by atoms with van der Waals surface area (Å²) in [6, 6.07) is -0.202. The molecule has 0 amide bonds. The van der Waals surface area contributed by atoms with Gasteiger partial charge in [-0.3, -0.25) is 9.69 Å². The summed E-state index contributed by atoms with van der Waals surface area (Å²) in [4.78, 5) is 13.8. The van der Waals surface area contributed by atoms with Crippen LogP contribution in [0.2, 0.25) is 0 Å². The van der Waals surface area contributed by atoms with Crippen LogP contribution in [-0.4, -0.2) is 35.1 Å². The van der Waals surface area contributed by atoms with Crippen LogP contribution in [0.3, 0.4) is 0 Å². The van der Waals surface area contributed by atoms with Gasteiger partial charge in [0.15, 0.2) is 0 Å². The second-order valence-corrected chi connectivity index (χ2v) is 5.74. The number of hydrogen-bond donors (Lipinski definition) is 1. The first-order chi connectivity index (χ1) is 8.22. The van der Waals surface area contributed by atoms with Gasteiger partial charge in [-0.1, -0.05) is 32.6 Å². The van der Waals surface area contributed by atoms with Gasteiger partial charge in [-0.15, -0.1) is 0 Å². The second-order valence-electron chi connectivity index (χ2n) is 5.74. The van der Waals surface area contributed by atoms with Crippen LogP contribution in [0.25, 0.3) is 0 Å². The Morgan fingerprint density at radius 2 is 2.00 bits per heavy atom. The molecule has 2 atom stereocenters. The molecule has 0 spiro atoms. The van der Waals surface area contributed by atoms with Crippen LogP contribution in [0.5, 0.6) is 0 Å². The van der Waals surface area contributed by atoms with Gasteiger partial charge in [0.25, 0.3) is 0 Å². The van der Waals surface area contributed by atoms with Crippen LogP contribution in [-0.2, 0) is 4.79 Å². The first kappa shape index (κ1) is 12.9. The lowest BCUT2D eigenvalue weighted by atomic mass is 9.83. The van der Waals surface area contributed by atoms with Crippen molar-refractivity contribution in [1.82, 2.24) is 4.90 Å². The number of nitrogens with zero attached hydrogens (tertiary/aromatic N) is 1. The van der Waals surface area contributed by atoms with E-state index in [4.69, 9.17) is 0 Å². The van der Waals surface area contributed by atoms with Gasteiger partial charge in [0.05, 0.1) is 0 Å². The summed E-state index contributed by atoms with van der Waals surface area (Å²) in [7, 11) is 0. The number of aliphatic carboxylic acids is 1. The third kappa shape index (κ3) is 3.01. The maximum atomic E-state index is 11.5. The van der Waals surface area contributed by atoms with Gasteiger partial charge in [0.2, 0.25) is 0 Å². The van der Waals surface area contributed by atoms with E-state index >= 15 is 0 Å². The van der Waals surface area contributed by atoms with Crippen molar-refractivity contribution in [3.05, 3.63) is 0 Å². The van der Waals surface area contributed by atoms with E-state index in [1.165, 1.54) is 32.1 Å². The molecule has 2 fully saturated rings. The Labute approximate surface area is 104 Å². The van der Waals surface area contributed by atoms with E-state index in [1.54, 1.807) is 0 Å². The van der Waals surface area contributed by atoms with Gasteiger partial charge < -0.3 is 5.11 Å². The molecule has 1 aliphatic carbocycles. The molecule has 0 aromatic rings. The fourth-order valence-corrected chi connectivity index (χ4v) is 3.55. The van der Waals surface area contributed by atoms with Crippen molar-refractivity contribution in [2.45, 2.75) is 57.9 Å². The van der Waals surface area contributed by atoms with Crippen molar-refractivity contribution in [3.63, 3.8) is 0 Å². The average Bonchev–Trinajstić information content (AvgIpc) is 2.79. The Morgan fingerprint density at radius 3 is 2.53 bits per heavy atom. The van der Waals surface area contributed by atoms with Crippen LogP contribution in [0.15, 0.2) is 0 Å². The summed E-state index contributed by atoms with van der Waals surface area (Å²) < 4.78 is 0. The van der Waals surface area contributed by atoms with Gasteiger partial charge in [-0.05, 0) is 37.6 Å². The molecule has 0 aromatic carbocycles. The predicted molar refractivity (Wildman–Crippen MR) is 68.0 cm³/mol. The molecule has 3 heteroatoms.